The molecule has 0 radical (unpaired) electrons. The molecule has 0 fully saturated rings. The van der Waals surface area contributed by atoms with Gasteiger partial charge in [0.05, 0.1) is 19.8 Å². The fourth-order valence-corrected chi connectivity index (χ4v) is 2.17. The summed E-state index contributed by atoms with van der Waals surface area (Å²) in [7, 11) is 0. The van der Waals surface area contributed by atoms with Crippen molar-refractivity contribution < 1.29 is 14.2 Å². The summed E-state index contributed by atoms with van der Waals surface area (Å²) in [6, 6.07) is 6.19. The molecule has 26 heavy (non-hydrogen) atoms. The second-order valence-corrected chi connectivity index (χ2v) is 5.48. The summed E-state index contributed by atoms with van der Waals surface area (Å²) >= 11 is 0. The van der Waals surface area contributed by atoms with Crippen molar-refractivity contribution in [2.75, 3.05) is 46.1 Å². The summed E-state index contributed by atoms with van der Waals surface area (Å²) in [4.78, 5) is 4.64. The van der Waals surface area contributed by atoms with Gasteiger partial charge in [0.2, 0.25) is 0 Å². The highest BCUT2D eigenvalue weighted by molar-refractivity contribution is 14.0. The molecule has 0 aliphatic rings. The van der Waals surface area contributed by atoms with Crippen molar-refractivity contribution in [3.8, 4) is 5.75 Å². The van der Waals surface area contributed by atoms with Crippen LogP contribution in [0.2, 0.25) is 0 Å². The van der Waals surface area contributed by atoms with Crippen LogP contribution in [0.1, 0.15) is 31.9 Å². The molecule has 2 N–H and O–H groups in total. The smallest absolute Gasteiger partial charge is 0.191 e. The lowest BCUT2D eigenvalue weighted by atomic mass is 10.1. The highest BCUT2D eigenvalue weighted by atomic mass is 127. The average Bonchev–Trinajstić information content (AvgIpc) is 2.61. The normalized spacial score (nSPS) is 11.0. The zero-order valence-corrected chi connectivity index (χ0v) is 18.8. The number of hydrogen-bond donors (Lipinski definition) is 2. The third kappa shape index (κ3) is 10.8. The maximum Gasteiger partial charge on any atom is 0.191 e. The second-order valence-electron chi connectivity index (χ2n) is 5.48. The summed E-state index contributed by atoms with van der Waals surface area (Å²) in [5, 5.41) is 6.51. The number of nitrogens with zero attached hydrogens (tertiary/aromatic N) is 1. The molecule has 0 spiro atoms. The Balaban J connectivity index is 0.00000625. The van der Waals surface area contributed by atoms with Gasteiger partial charge in [-0.2, -0.15) is 0 Å². The molecule has 0 aliphatic carbocycles. The summed E-state index contributed by atoms with van der Waals surface area (Å²) in [5.74, 6) is 1.65. The van der Waals surface area contributed by atoms with E-state index in [2.05, 4.69) is 34.7 Å². The lowest BCUT2D eigenvalue weighted by Gasteiger charge is -2.13. The molecule has 0 bridgehead atoms. The van der Waals surface area contributed by atoms with Crippen molar-refractivity contribution in [2.24, 2.45) is 4.99 Å². The monoisotopic (exact) mass is 479 g/mol. The van der Waals surface area contributed by atoms with Gasteiger partial charge in [0.15, 0.2) is 5.96 Å². The van der Waals surface area contributed by atoms with Crippen LogP contribution in [-0.2, 0) is 16.0 Å². The number of benzene rings is 1. The molecule has 0 aliphatic heterocycles. The molecule has 1 aromatic rings. The van der Waals surface area contributed by atoms with E-state index in [-0.39, 0.29) is 24.0 Å². The van der Waals surface area contributed by atoms with Crippen LogP contribution in [0.15, 0.2) is 23.2 Å². The Kier molecular flexibility index (Phi) is 15.5. The summed E-state index contributed by atoms with van der Waals surface area (Å²) in [6.45, 7) is 13.4. The van der Waals surface area contributed by atoms with Gasteiger partial charge in [-0.1, -0.05) is 12.1 Å². The molecule has 0 atom stereocenters. The fourth-order valence-electron chi connectivity index (χ4n) is 2.17. The first-order valence-corrected chi connectivity index (χ1v) is 9.11. The number of halogens is 1. The number of aryl methyl sites for hydroxylation is 1. The van der Waals surface area contributed by atoms with Gasteiger partial charge in [0.25, 0.3) is 0 Å². The standard InChI is InChI=1S/C19H33N3O3.HI/c1-5-20-19(21-10-11-23-6-2)22-15-17-9-8-16(4)14-18(17)25-13-12-24-7-3;/h8-9,14H,5-7,10-13,15H2,1-4H3,(H2,20,21,22);1H. The fraction of sp³-hybridized carbons (Fsp3) is 0.632. The highest BCUT2D eigenvalue weighted by Crippen LogP contribution is 2.21. The van der Waals surface area contributed by atoms with E-state index in [1.165, 1.54) is 5.56 Å². The van der Waals surface area contributed by atoms with Gasteiger partial charge in [-0.25, -0.2) is 4.99 Å². The van der Waals surface area contributed by atoms with E-state index in [4.69, 9.17) is 14.2 Å². The van der Waals surface area contributed by atoms with Crippen LogP contribution in [0.3, 0.4) is 0 Å². The SMILES string of the molecule is CCNC(=NCc1ccc(C)cc1OCCOCC)NCCOCC.I. The van der Waals surface area contributed by atoms with E-state index in [9.17, 15) is 0 Å². The van der Waals surface area contributed by atoms with E-state index in [0.717, 1.165) is 37.0 Å². The van der Waals surface area contributed by atoms with Crippen molar-refractivity contribution in [3.63, 3.8) is 0 Å². The largest absolute Gasteiger partial charge is 0.491 e. The zero-order chi connectivity index (χ0) is 18.3. The van der Waals surface area contributed by atoms with Gasteiger partial charge in [0, 0.05) is 31.9 Å². The maximum absolute atomic E-state index is 5.87. The topological polar surface area (TPSA) is 64.1 Å². The minimum Gasteiger partial charge on any atom is -0.491 e. The van der Waals surface area contributed by atoms with E-state index in [1.54, 1.807) is 0 Å². The second kappa shape index (κ2) is 16.1. The number of nitrogens with one attached hydrogen (secondary N) is 2. The Hall–Kier alpha value is -1.06. The zero-order valence-electron chi connectivity index (χ0n) is 16.5. The highest BCUT2D eigenvalue weighted by Gasteiger charge is 2.05. The van der Waals surface area contributed by atoms with Crippen LogP contribution in [0.25, 0.3) is 0 Å². The third-order valence-corrected chi connectivity index (χ3v) is 3.41. The van der Waals surface area contributed by atoms with Crippen LogP contribution in [0, 0.1) is 6.92 Å². The van der Waals surface area contributed by atoms with Crippen LogP contribution in [0.4, 0.5) is 0 Å². The van der Waals surface area contributed by atoms with Crippen molar-refractivity contribution >= 4 is 29.9 Å². The van der Waals surface area contributed by atoms with Crippen LogP contribution >= 0.6 is 24.0 Å². The van der Waals surface area contributed by atoms with Crippen LogP contribution in [0.5, 0.6) is 5.75 Å². The van der Waals surface area contributed by atoms with E-state index >= 15 is 0 Å². The molecule has 0 unspecified atom stereocenters. The molecular formula is C19H34IN3O3. The Bertz CT molecular complexity index is 513. The maximum atomic E-state index is 5.87. The van der Waals surface area contributed by atoms with E-state index < -0.39 is 0 Å². The van der Waals surface area contributed by atoms with Gasteiger partial charge in [0.1, 0.15) is 12.4 Å². The third-order valence-electron chi connectivity index (χ3n) is 3.41. The van der Waals surface area contributed by atoms with Gasteiger partial charge in [-0.05, 0) is 39.3 Å². The van der Waals surface area contributed by atoms with E-state index in [1.807, 2.05) is 26.8 Å². The molecule has 150 valence electrons. The molecule has 6 nitrogen and oxygen atoms in total. The number of hydrogen-bond acceptors (Lipinski definition) is 4. The van der Waals surface area contributed by atoms with Crippen molar-refractivity contribution in [3.05, 3.63) is 29.3 Å². The first-order valence-electron chi connectivity index (χ1n) is 9.11. The molecule has 7 heteroatoms. The molecule has 0 aromatic heterocycles. The molecular weight excluding hydrogens is 445 g/mol. The lowest BCUT2D eigenvalue weighted by Crippen LogP contribution is -2.39. The first kappa shape index (κ1) is 24.9. The van der Waals surface area contributed by atoms with Gasteiger partial charge in [-0.3, -0.25) is 0 Å². The van der Waals surface area contributed by atoms with Gasteiger partial charge < -0.3 is 24.8 Å². The van der Waals surface area contributed by atoms with Crippen molar-refractivity contribution in [1.82, 2.24) is 10.6 Å². The number of rotatable bonds is 12. The molecule has 1 rings (SSSR count). The van der Waals surface area contributed by atoms with Crippen LogP contribution in [-0.4, -0.2) is 52.1 Å². The molecule has 0 heterocycles. The Morgan fingerprint density at radius 2 is 1.73 bits per heavy atom. The quantitative estimate of drug-likeness (QED) is 0.209. The summed E-state index contributed by atoms with van der Waals surface area (Å²) < 4.78 is 16.5. The number of aliphatic imine (C=N–C) groups is 1. The predicted molar refractivity (Wildman–Crippen MR) is 118 cm³/mol. The molecule has 0 amide bonds. The Labute approximate surface area is 175 Å². The van der Waals surface area contributed by atoms with E-state index in [0.29, 0.717) is 33.0 Å². The van der Waals surface area contributed by atoms with Crippen molar-refractivity contribution in [1.29, 1.82) is 0 Å². The minimum atomic E-state index is 0. The average molecular weight is 479 g/mol. The number of guanidine groups is 1. The minimum absolute atomic E-state index is 0. The van der Waals surface area contributed by atoms with Gasteiger partial charge >= 0.3 is 0 Å². The molecule has 0 saturated carbocycles. The Morgan fingerprint density at radius 1 is 1.00 bits per heavy atom. The summed E-state index contributed by atoms with van der Waals surface area (Å²) in [5.41, 5.74) is 2.23. The van der Waals surface area contributed by atoms with Gasteiger partial charge in [-0.15, -0.1) is 24.0 Å². The Morgan fingerprint density at radius 3 is 2.42 bits per heavy atom. The molecule has 0 saturated heterocycles. The van der Waals surface area contributed by atoms with Crippen LogP contribution < -0.4 is 15.4 Å². The lowest BCUT2D eigenvalue weighted by molar-refractivity contribution is 0.110. The summed E-state index contributed by atoms with van der Waals surface area (Å²) in [6.07, 6.45) is 0. The predicted octanol–water partition coefficient (Wildman–Crippen LogP) is 3.12. The first-order chi connectivity index (χ1) is 12.2. The van der Waals surface area contributed by atoms with Crippen molar-refractivity contribution in [2.45, 2.75) is 34.2 Å². The number of ether oxygens (including phenoxy) is 3. The molecule has 1 aromatic carbocycles.